The monoisotopic (exact) mass is 282 g/mol. The van der Waals surface area contributed by atoms with Gasteiger partial charge in [-0.3, -0.25) is 4.79 Å². The van der Waals surface area contributed by atoms with E-state index in [1.807, 2.05) is 0 Å². The molecule has 0 rings (SSSR count). The zero-order valence-electron chi connectivity index (χ0n) is 9.05. The Labute approximate surface area is 99.4 Å². The van der Waals surface area contributed by atoms with E-state index in [0.717, 1.165) is 38.5 Å². The lowest BCUT2D eigenvalue weighted by molar-refractivity contribution is -0.137. The van der Waals surface area contributed by atoms with Gasteiger partial charge in [0.2, 0.25) is 0 Å². The number of hydrogen-bond acceptors (Lipinski definition) is 1. The third kappa shape index (κ3) is 11.8. The molecule has 0 aromatic carbocycles. The standard InChI is InChI=1S/C11H20BrFO2/c12-9-10(13)7-5-3-1-2-4-6-8-11(14)15/h10H,1-9H2,(H,14,15). The van der Waals surface area contributed by atoms with E-state index in [1.165, 1.54) is 0 Å². The second-order valence-electron chi connectivity index (χ2n) is 3.81. The zero-order chi connectivity index (χ0) is 11.5. The van der Waals surface area contributed by atoms with E-state index >= 15 is 0 Å². The Hall–Kier alpha value is -0.120. The van der Waals surface area contributed by atoms with Gasteiger partial charge in [-0.25, -0.2) is 4.39 Å². The second kappa shape index (κ2) is 10.4. The van der Waals surface area contributed by atoms with Crippen molar-refractivity contribution in [2.24, 2.45) is 0 Å². The van der Waals surface area contributed by atoms with Gasteiger partial charge in [0.25, 0.3) is 0 Å². The zero-order valence-corrected chi connectivity index (χ0v) is 10.6. The van der Waals surface area contributed by atoms with Crippen LogP contribution in [0.25, 0.3) is 0 Å². The average Bonchev–Trinajstić information content (AvgIpc) is 2.21. The van der Waals surface area contributed by atoms with Crippen LogP contribution in [-0.4, -0.2) is 22.6 Å². The van der Waals surface area contributed by atoms with Crippen LogP contribution in [0.15, 0.2) is 0 Å². The van der Waals surface area contributed by atoms with Crippen LogP contribution in [0.2, 0.25) is 0 Å². The first kappa shape index (κ1) is 14.9. The van der Waals surface area contributed by atoms with Gasteiger partial charge in [-0.05, 0) is 12.8 Å². The molecule has 0 aliphatic rings. The molecule has 4 heteroatoms. The number of carboxylic acid groups (broad SMARTS) is 1. The van der Waals surface area contributed by atoms with E-state index in [1.54, 1.807) is 0 Å². The largest absolute Gasteiger partial charge is 0.481 e. The van der Waals surface area contributed by atoms with Crippen LogP contribution >= 0.6 is 15.9 Å². The lowest BCUT2D eigenvalue weighted by Crippen LogP contribution is -2.00. The van der Waals surface area contributed by atoms with Crippen molar-refractivity contribution in [3.8, 4) is 0 Å². The van der Waals surface area contributed by atoms with Gasteiger partial charge < -0.3 is 5.11 Å². The lowest BCUT2D eigenvalue weighted by Gasteiger charge is -2.03. The first-order valence-electron chi connectivity index (χ1n) is 5.58. The van der Waals surface area contributed by atoms with Gasteiger partial charge in [0.1, 0.15) is 6.17 Å². The lowest BCUT2D eigenvalue weighted by atomic mass is 10.1. The van der Waals surface area contributed by atoms with Gasteiger partial charge in [0.15, 0.2) is 0 Å². The molecule has 0 bridgehead atoms. The first-order valence-corrected chi connectivity index (χ1v) is 6.70. The fourth-order valence-electron chi connectivity index (χ4n) is 1.43. The molecule has 0 spiro atoms. The molecule has 1 N–H and O–H groups in total. The Morgan fingerprint density at radius 2 is 1.67 bits per heavy atom. The average molecular weight is 283 g/mol. The number of hydrogen-bond donors (Lipinski definition) is 1. The molecule has 0 aromatic heterocycles. The molecule has 1 unspecified atom stereocenters. The molecule has 2 nitrogen and oxygen atoms in total. The Bertz CT molecular complexity index is 165. The quantitative estimate of drug-likeness (QED) is 0.487. The molecule has 1 atom stereocenters. The molecular weight excluding hydrogens is 263 g/mol. The van der Waals surface area contributed by atoms with Gasteiger partial charge >= 0.3 is 5.97 Å². The Balaban J connectivity index is 3.02. The predicted molar refractivity (Wildman–Crippen MR) is 63.3 cm³/mol. The second-order valence-corrected chi connectivity index (χ2v) is 4.45. The summed E-state index contributed by atoms with van der Waals surface area (Å²) in [4.78, 5) is 10.2. The minimum absolute atomic E-state index is 0.274. The summed E-state index contributed by atoms with van der Waals surface area (Å²) in [6.45, 7) is 0. The molecule has 90 valence electrons. The van der Waals surface area contributed by atoms with Gasteiger partial charge in [-0.1, -0.05) is 48.0 Å². The molecule has 15 heavy (non-hydrogen) atoms. The fraction of sp³-hybridized carbons (Fsp3) is 0.909. The molecular formula is C11H20BrFO2. The van der Waals surface area contributed by atoms with E-state index in [0.29, 0.717) is 11.8 Å². The predicted octanol–water partition coefficient (Wildman–Crippen LogP) is 3.92. The summed E-state index contributed by atoms with van der Waals surface area (Å²) in [5.41, 5.74) is 0. The van der Waals surface area contributed by atoms with E-state index in [9.17, 15) is 9.18 Å². The molecule has 0 aliphatic heterocycles. The Kier molecular flexibility index (Phi) is 10.3. The number of halogens is 2. The van der Waals surface area contributed by atoms with E-state index in [2.05, 4.69) is 15.9 Å². The normalized spacial score (nSPS) is 12.7. The van der Waals surface area contributed by atoms with Crippen LogP contribution < -0.4 is 0 Å². The third-order valence-corrected chi connectivity index (χ3v) is 3.03. The third-order valence-electron chi connectivity index (χ3n) is 2.33. The van der Waals surface area contributed by atoms with Crippen molar-refractivity contribution < 1.29 is 14.3 Å². The number of carbonyl (C=O) groups is 1. The molecule has 0 aromatic rings. The van der Waals surface area contributed by atoms with Crippen molar-refractivity contribution >= 4 is 21.9 Å². The topological polar surface area (TPSA) is 37.3 Å². The number of alkyl halides is 2. The number of unbranched alkanes of at least 4 members (excludes halogenated alkanes) is 5. The van der Waals surface area contributed by atoms with Crippen LogP contribution in [0.4, 0.5) is 4.39 Å². The summed E-state index contributed by atoms with van der Waals surface area (Å²) < 4.78 is 12.7. The molecule has 0 fully saturated rings. The number of carboxylic acids is 1. The summed E-state index contributed by atoms with van der Waals surface area (Å²) in [7, 11) is 0. The SMILES string of the molecule is O=C(O)CCCCCCCCC(F)CBr. The van der Waals surface area contributed by atoms with Gasteiger partial charge in [-0.2, -0.15) is 0 Å². The number of rotatable bonds is 10. The van der Waals surface area contributed by atoms with E-state index in [-0.39, 0.29) is 6.42 Å². The maximum absolute atomic E-state index is 12.7. The van der Waals surface area contributed by atoms with Crippen LogP contribution in [0.5, 0.6) is 0 Å². The number of aliphatic carboxylic acids is 1. The summed E-state index contributed by atoms with van der Waals surface area (Å²) in [6, 6.07) is 0. The minimum Gasteiger partial charge on any atom is -0.481 e. The van der Waals surface area contributed by atoms with Crippen LogP contribution in [0, 0.1) is 0 Å². The fourth-order valence-corrected chi connectivity index (χ4v) is 1.75. The summed E-state index contributed by atoms with van der Waals surface area (Å²) >= 11 is 3.10. The summed E-state index contributed by atoms with van der Waals surface area (Å²) in [5, 5.41) is 8.83. The summed E-state index contributed by atoms with van der Waals surface area (Å²) in [6.07, 6.45) is 6.10. The highest BCUT2D eigenvalue weighted by Crippen LogP contribution is 2.12. The van der Waals surface area contributed by atoms with Gasteiger partial charge in [0, 0.05) is 11.8 Å². The van der Waals surface area contributed by atoms with Crippen LogP contribution in [0.3, 0.4) is 0 Å². The first-order chi connectivity index (χ1) is 7.16. The van der Waals surface area contributed by atoms with Gasteiger partial charge in [0.05, 0.1) is 0 Å². The molecule has 0 heterocycles. The van der Waals surface area contributed by atoms with Crippen LogP contribution in [-0.2, 0) is 4.79 Å². The smallest absolute Gasteiger partial charge is 0.303 e. The molecule has 0 amide bonds. The van der Waals surface area contributed by atoms with Crippen molar-refractivity contribution in [2.45, 2.75) is 57.5 Å². The van der Waals surface area contributed by atoms with Crippen molar-refractivity contribution in [1.82, 2.24) is 0 Å². The Morgan fingerprint density at radius 1 is 1.13 bits per heavy atom. The van der Waals surface area contributed by atoms with Crippen molar-refractivity contribution in [1.29, 1.82) is 0 Å². The summed E-state index contributed by atoms with van der Waals surface area (Å²) in [5.74, 6) is -0.715. The van der Waals surface area contributed by atoms with Crippen molar-refractivity contribution in [2.75, 3.05) is 5.33 Å². The van der Waals surface area contributed by atoms with Crippen molar-refractivity contribution in [3.05, 3.63) is 0 Å². The maximum atomic E-state index is 12.7. The molecule has 0 saturated heterocycles. The van der Waals surface area contributed by atoms with Crippen LogP contribution in [0.1, 0.15) is 51.4 Å². The highest BCUT2D eigenvalue weighted by molar-refractivity contribution is 9.09. The van der Waals surface area contributed by atoms with E-state index < -0.39 is 12.1 Å². The maximum Gasteiger partial charge on any atom is 0.303 e. The Morgan fingerprint density at radius 3 is 2.20 bits per heavy atom. The minimum atomic E-state index is -0.715. The highest BCUT2D eigenvalue weighted by atomic mass is 79.9. The van der Waals surface area contributed by atoms with Gasteiger partial charge in [-0.15, -0.1) is 0 Å². The van der Waals surface area contributed by atoms with E-state index in [4.69, 9.17) is 5.11 Å². The van der Waals surface area contributed by atoms with Crippen molar-refractivity contribution in [3.63, 3.8) is 0 Å². The highest BCUT2D eigenvalue weighted by Gasteiger charge is 2.02. The molecule has 0 radical (unpaired) electrons. The molecule has 0 aliphatic carbocycles. The molecule has 0 saturated carbocycles.